The number of ketones is 2. The van der Waals surface area contributed by atoms with Gasteiger partial charge in [-0.2, -0.15) is 0 Å². The van der Waals surface area contributed by atoms with E-state index in [9.17, 15) is 48.3 Å². The Morgan fingerprint density at radius 1 is 0.863 bits per heavy atom. The van der Waals surface area contributed by atoms with Crippen molar-refractivity contribution >= 4 is 64.9 Å². The quantitative estimate of drug-likeness (QED) is 0.112. The molecule has 0 aromatic heterocycles. The average Bonchev–Trinajstić information content (AvgIpc) is 4.13. The molecule has 3 fully saturated rings. The summed E-state index contributed by atoms with van der Waals surface area (Å²) in [7, 11) is 4.27. The number of aliphatic hydroxyl groups is 1. The number of benzene rings is 1. The summed E-state index contributed by atoms with van der Waals surface area (Å²) in [6.45, 7) is 19.9. The van der Waals surface area contributed by atoms with Gasteiger partial charge in [0, 0.05) is 40.5 Å². The molecular formula is C58H89N7O15. The van der Waals surface area contributed by atoms with Crippen LogP contribution >= 0.6 is 0 Å². The van der Waals surface area contributed by atoms with Crippen LogP contribution in [0.3, 0.4) is 0 Å². The molecule has 22 heteroatoms. The third kappa shape index (κ3) is 16.4. The molecule has 1 aromatic carbocycles. The highest BCUT2D eigenvalue weighted by atomic mass is 16.6. The van der Waals surface area contributed by atoms with Crippen molar-refractivity contribution in [1.82, 2.24) is 35.6 Å². The second kappa shape index (κ2) is 29.3. The Balaban J connectivity index is 1.91. The fourth-order valence-electron chi connectivity index (χ4n) is 10.7. The van der Waals surface area contributed by atoms with Crippen molar-refractivity contribution in [2.75, 3.05) is 34.3 Å². The van der Waals surface area contributed by atoms with Gasteiger partial charge in [-0.15, -0.1) is 0 Å². The minimum absolute atomic E-state index is 0.130. The Bertz CT molecular complexity index is 2410. The number of nitrogens with zero attached hydrogens (tertiary/aromatic N) is 4. The van der Waals surface area contributed by atoms with Gasteiger partial charge in [0.25, 0.3) is 5.91 Å². The van der Waals surface area contributed by atoms with E-state index in [0.717, 1.165) is 6.92 Å². The normalized spacial score (nSPS) is 27.4. The van der Waals surface area contributed by atoms with Gasteiger partial charge in [0.2, 0.25) is 41.2 Å². The van der Waals surface area contributed by atoms with Gasteiger partial charge in [0.05, 0.1) is 31.6 Å². The number of nitrogens with one attached hydrogen (secondary N) is 3. The molecule has 0 spiro atoms. The second-order valence-electron chi connectivity index (χ2n) is 23.2. The zero-order valence-corrected chi connectivity index (χ0v) is 49.6. The van der Waals surface area contributed by atoms with Crippen molar-refractivity contribution in [2.24, 2.45) is 35.5 Å². The van der Waals surface area contributed by atoms with Crippen molar-refractivity contribution in [2.45, 2.75) is 195 Å². The maximum absolute atomic E-state index is 15.1. The molecule has 22 nitrogen and oxygen atoms in total. The zero-order chi connectivity index (χ0) is 60.2. The molecule has 0 saturated carbocycles. The highest BCUT2D eigenvalue weighted by molar-refractivity contribution is 6.35. The number of carbonyl (C=O) groups excluding carboxylic acids is 11. The molecule has 0 aliphatic carbocycles. The molecule has 0 radical (unpaired) electrons. The first-order chi connectivity index (χ1) is 37.5. The summed E-state index contributed by atoms with van der Waals surface area (Å²) in [5, 5.41) is 20.1. The van der Waals surface area contributed by atoms with Crippen molar-refractivity contribution in [3.63, 3.8) is 0 Å². The van der Waals surface area contributed by atoms with Crippen LogP contribution < -0.4 is 20.7 Å². The Kier molecular flexibility index (Phi) is 24.2. The Morgan fingerprint density at radius 3 is 2.05 bits per heavy atom. The van der Waals surface area contributed by atoms with Crippen LogP contribution in [0.2, 0.25) is 0 Å². The molecule has 2 unspecified atom stereocenters. The standard InChI is InChI=1S/C58H89N7O15/c1-16-33(8)46-44(67)29-45(68)80-50(32(6)7)49(69)35(10)51(70)59-40(27-30(2)3)55(74)65-26-18-19-41(65)56(75)62(13)43(28-38-21-23-39(78-15)24-22-38)58(77)79-37(12)47(52(71)60-46)61-53(72)48(34(9)31(4)5)63(14)57(76)42-20-17-25-64(42)54(73)36(11)66/h21-24,30-35,37,40-44,46-48,50,67H,16-20,25-29H2,1-15H3,(H,59,70)(H,60,71)(H,61,72)/t33-,34?,35-,37+,40-,41-,42?,43-,44-,46+,47-,48+,50-/m0/s1. The van der Waals surface area contributed by atoms with Crippen LogP contribution in [0, 0.1) is 35.5 Å². The fraction of sp³-hybridized carbons (Fsp3) is 0.707. The van der Waals surface area contributed by atoms with Gasteiger partial charge in [-0.1, -0.05) is 80.9 Å². The molecule has 3 saturated heterocycles. The van der Waals surface area contributed by atoms with Crippen molar-refractivity contribution in [3.05, 3.63) is 29.8 Å². The first kappa shape index (κ1) is 66.1. The lowest BCUT2D eigenvalue weighted by molar-refractivity contribution is -0.163. The number of likely N-dealkylation sites (tertiary alicyclic amines) is 1. The minimum atomic E-state index is -1.79. The number of amides is 7. The van der Waals surface area contributed by atoms with E-state index in [1.165, 1.54) is 54.7 Å². The van der Waals surface area contributed by atoms with Crippen molar-refractivity contribution < 1.29 is 72.1 Å². The smallest absolute Gasteiger partial charge is 0.329 e. The molecular weight excluding hydrogens is 1030 g/mol. The maximum atomic E-state index is 15.1. The molecule has 4 rings (SSSR count). The molecule has 3 aliphatic rings. The molecule has 7 amide bonds. The van der Waals surface area contributed by atoms with Crippen LogP contribution in [0.4, 0.5) is 0 Å². The van der Waals surface area contributed by atoms with Crippen LogP contribution in [0.5, 0.6) is 5.75 Å². The van der Waals surface area contributed by atoms with Gasteiger partial charge in [-0.25, -0.2) is 4.79 Å². The average molecular weight is 1120 g/mol. The van der Waals surface area contributed by atoms with E-state index in [2.05, 4.69) is 16.0 Å². The predicted molar refractivity (Wildman–Crippen MR) is 294 cm³/mol. The number of methoxy groups -OCH3 is 1. The Hall–Kier alpha value is -6.45. The SMILES string of the molecule is CC[C@H](C)[C@H]1NC(=O)[C@@H](NC(=O)[C@@H](C(C)C(C)C)N(C)C(=O)C2CCCN2C(=O)C(C)=O)[C@@H](C)OC(=O)[C@H](Cc2ccc(OC)cc2)N(C)C(=O)[C@@H]2CCCN2C(=O)[C@H](CC(C)C)NC(=O)[C@@H](C)C(=O)[C@H](C(C)C)OC(=O)C[C@@H]1O. The van der Waals surface area contributed by atoms with Crippen molar-refractivity contribution in [3.8, 4) is 5.75 Å². The number of cyclic esters (lactones) is 2. The van der Waals surface area contributed by atoms with E-state index in [-0.39, 0.29) is 50.6 Å². The number of carbonyl (C=O) groups is 11. The van der Waals surface area contributed by atoms with E-state index in [4.69, 9.17) is 14.2 Å². The van der Waals surface area contributed by atoms with Gasteiger partial charge in [-0.05, 0) is 93.2 Å². The third-order valence-corrected chi connectivity index (χ3v) is 16.2. The van der Waals surface area contributed by atoms with E-state index in [0.29, 0.717) is 30.6 Å². The van der Waals surface area contributed by atoms with Gasteiger partial charge in [-0.3, -0.25) is 47.9 Å². The Labute approximate surface area is 471 Å². The van der Waals surface area contributed by atoms with Crippen LogP contribution in [-0.2, 0) is 68.6 Å². The number of rotatable bonds is 15. The molecule has 80 heavy (non-hydrogen) atoms. The molecule has 3 aliphatic heterocycles. The largest absolute Gasteiger partial charge is 0.497 e. The highest BCUT2D eigenvalue weighted by Crippen LogP contribution is 2.28. The number of hydrogen-bond donors (Lipinski definition) is 4. The monoisotopic (exact) mass is 1120 g/mol. The molecule has 1 aromatic rings. The molecule has 0 bridgehead atoms. The lowest BCUT2D eigenvalue weighted by Crippen LogP contribution is -2.63. The summed E-state index contributed by atoms with van der Waals surface area (Å²) >= 11 is 0. The maximum Gasteiger partial charge on any atom is 0.329 e. The van der Waals surface area contributed by atoms with Crippen LogP contribution in [0.1, 0.15) is 134 Å². The first-order valence-electron chi connectivity index (χ1n) is 28.3. The number of Topliss-reactive ketones (excluding diaryl/α,β-unsaturated/α-hetero) is 2. The number of ether oxygens (including phenoxy) is 3. The van der Waals surface area contributed by atoms with Crippen LogP contribution in [0.25, 0.3) is 0 Å². The lowest BCUT2D eigenvalue weighted by Gasteiger charge is -2.38. The molecule has 4 N–H and O–H groups in total. The number of aliphatic hydroxyl groups excluding tert-OH is 1. The zero-order valence-electron chi connectivity index (χ0n) is 49.6. The highest BCUT2D eigenvalue weighted by Gasteiger charge is 2.47. The number of likely N-dealkylation sites (N-methyl/N-ethyl adjacent to an activating group) is 2. The summed E-state index contributed by atoms with van der Waals surface area (Å²) in [5.41, 5.74) is 0.565. The molecule has 446 valence electrons. The number of esters is 2. The minimum Gasteiger partial charge on any atom is -0.497 e. The summed E-state index contributed by atoms with van der Waals surface area (Å²) in [4.78, 5) is 161. The lowest BCUT2D eigenvalue weighted by atomic mass is 9.88. The van der Waals surface area contributed by atoms with Crippen LogP contribution in [0.15, 0.2) is 24.3 Å². The van der Waals surface area contributed by atoms with Gasteiger partial charge in [0.1, 0.15) is 48.1 Å². The number of fused-ring (bicyclic) bond motifs is 1. The third-order valence-electron chi connectivity index (χ3n) is 16.2. The van der Waals surface area contributed by atoms with E-state index < -0.39 is 156 Å². The van der Waals surface area contributed by atoms with Gasteiger partial charge < -0.3 is 54.9 Å². The van der Waals surface area contributed by atoms with E-state index in [1.54, 1.807) is 58.9 Å². The van der Waals surface area contributed by atoms with E-state index in [1.807, 2.05) is 27.7 Å². The Morgan fingerprint density at radius 2 is 1.49 bits per heavy atom. The summed E-state index contributed by atoms with van der Waals surface area (Å²) < 4.78 is 17.3. The van der Waals surface area contributed by atoms with Crippen molar-refractivity contribution in [1.29, 1.82) is 0 Å². The molecule has 13 atom stereocenters. The second-order valence-corrected chi connectivity index (χ2v) is 23.2. The fourth-order valence-corrected chi connectivity index (χ4v) is 10.7. The predicted octanol–water partition coefficient (Wildman–Crippen LogP) is 2.77. The summed E-state index contributed by atoms with van der Waals surface area (Å²) in [5.74, 6) is -12.0. The molecule has 3 heterocycles. The first-order valence-corrected chi connectivity index (χ1v) is 28.3. The van der Waals surface area contributed by atoms with Crippen LogP contribution in [-0.4, -0.2) is 184 Å². The number of hydrogen-bond acceptors (Lipinski definition) is 15. The van der Waals surface area contributed by atoms with Gasteiger partial charge in [0.15, 0.2) is 11.9 Å². The summed E-state index contributed by atoms with van der Waals surface area (Å²) in [6, 6.07) is -2.38. The van der Waals surface area contributed by atoms with Gasteiger partial charge >= 0.3 is 11.9 Å². The topological polar surface area (TPSA) is 285 Å². The van der Waals surface area contributed by atoms with E-state index >= 15 is 9.59 Å². The summed E-state index contributed by atoms with van der Waals surface area (Å²) in [6.07, 6.45) is -3.85.